The molecule has 0 spiro atoms. The number of hydrogen-bond donors (Lipinski definition) is 0. The second kappa shape index (κ2) is 8.77. The first-order valence-corrected chi connectivity index (χ1v) is 11.5. The first kappa shape index (κ1) is 22.8. The van der Waals surface area contributed by atoms with Gasteiger partial charge >= 0.3 is 5.97 Å². The van der Waals surface area contributed by atoms with Crippen molar-refractivity contribution in [3.05, 3.63) is 70.5 Å². The lowest BCUT2D eigenvalue weighted by molar-refractivity contribution is -0.135. The van der Waals surface area contributed by atoms with Crippen molar-refractivity contribution in [2.24, 2.45) is 0 Å². The summed E-state index contributed by atoms with van der Waals surface area (Å²) in [6.07, 6.45) is 1.68. The normalized spacial score (nSPS) is 18.1. The number of hydrogen-bond acceptors (Lipinski definition) is 9. The third-order valence-electron chi connectivity index (χ3n) is 6.59. The number of esters is 1. The van der Waals surface area contributed by atoms with Gasteiger partial charge in [-0.25, -0.2) is 0 Å². The maximum Gasteiger partial charge on any atom is 0.312 e. The minimum atomic E-state index is -0.461. The van der Waals surface area contributed by atoms with Gasteiger partial charge in [0, 0.05) is 23.1 Å². The number of rotatable bonds is 5. The summed E-state index contributed by atoms with van der Waals surface area (Å²) in [7, 11) is 4.64. The second-order valence-corrected chi connectivity index (χ2v) is 8.59. The first-order valence-electron chi connectivity index (χ1n) is 11.5. The van der Waals surface area contributed by atoms with Crippen LogP contribution in [0.5, 0.6) is 40.2 Å². The van der Waals surface area contributed by atoms with E-state index in [1.807, 2.05) is 6.07 Å². The van der Waals surface area contributed by atoms with E-state index in [9.17, 15) is 9.59 Å². The zero-order valence-electron chi connectivity index (χ0n) is 20.3. The van der Waals surface area contributed by atoms with Crippen molar-refractivity contribution in [2.75, 3.05) is 28.1 Å². The largest absolute Gasteiger partial charge is 0.497 e. The maximum absolute atomic E-state index is 13.3. The molecular weight excluding hydrogens is 480 g/mol. The van der Waals surface area contributed by atoms with Gasteiger partial charge in [-0.05, 0) is 48.0 Å². The van der Waals surface area contributed by atoms with Gasteiger partial charge < -0.3 is 33.2 Å². The number of methoxy groups -OCH3 is 3. The standard InChI is InChI=1S/C28H22O9/c1-31-16-5-4-14(20(11-16)32-2)8-21-26(30)17-6-7-19-25(27(17)37-21)18(12-24(29)36-19)15-9-22(33-3)28-23(10-15)34-13-35-28/h4-11,18H,12-13H2,1-3H3/b21-8-/t18-/m0/s1. The molecule has 9 nitrogen and oxygen atoms in total. The van der Waals surface area contributed by atoms with Gasteiger partial charge in [0.1, 0.15) is 23.0 Å². The van der Waals surface area contributed by atoms with E-state index >= 15 is 0 Å². The third kappa shape index (κ3) is 3.70. The Bertz CT molecular complexity index is 1490. The van der Waals surface area contributed by atoms with Crippen molar-refractivity contribution >= 4 is 17.8 Å². The highest BCUT2D eigenvalue weighted by molar-refractivity contribution is 6.15. The summed E-state index contributed by atoms with van der Waals surface area (Å²) in [5.74, 6) is 2.36. The van der Waals surface area contributed by atoms with Gasteiger partial charge in [-0.15, -0.1) is 0 Å². The van der Waals surface area contributed by atoms with Crippen LogP contribution in [0.2, 0.25) is 0 Å². The Labute approximate surface area is 212 Å². The topological polar surface area (TPSA) is 98.8 Å². The summed E-state index contributed by atoms with van der Waals surface area (Å²) in [6, 6.07) is 12.1. The van der Waals surface area contributed by atoms with E-state index in [2.05, 4.69) is 0 Å². The van der Waals surface area contributed by atoms with E-state index in [-0.39, 0.29) is 24.8 Å². The average Bonchev–Trinajstić information content (AvgIpc) is 3.52. The lowest BCUT2D eigenvalue weighted by Crippen LogP contribution is -2.21. The summed E-state index contributed by atoms with van der Waals surface area (Å²) >= 11 is 0. The summed E-state index contributed by atoms with van der Waals surface area (Å²) < 4.78 is 39.0. The summed E-state index contributed by atoms with van der Waals surface area (Å²) in [5.41, 5.74) is 2.39. The van der Waals surface area contributed by atoms with E-state index in [0.717, 1.165) is 5.56 Å². The molecule has 0 saturated carbocycles. The number of allylic oxidation sites excluding steroid dienone is 1. The second-order valence-electron chi connectivity index (χ2n) is 8.59. The molecular formula is C28H22O9. The molecule has 37 heavy (non-hydrogen) atoms. The quantitative estimate of drug-likeness (QED) is 0.284. The molecule has 0 saturated heterocycles. The predicted octanol–water partition coefficient (Wildman–Crippen LogP) is 4.50. The molecule has 3 heterocycles. The molecule has 0 bridgehead atoms. The number of Topliss-reactive ketones (excluding diaryl/α,β-unsaturated/α-hetero) is 1. The maximum atomic E-state index is 13.3. The zero-order chi connectivity index (χ0) is 25.7. The molecule has 188 valence electrons. The molecule has 0 aliphatic carbocycles. The van der Waals surface area contributed by atoms with Gasteiger partial charge in [-0.3, -0.25) is 9.59 Å². The highest BCUT2D eigenvalue weighted by Gasteiger charge is 2.39. The Morgan fingerprint density at radius 3 is 2.46 bits per heavy atom. The van der Waals surface area contributed by atoms with E-state index in [1.54, 1.807) is 49.6 Å². The van der Waals surface area contributed by atoms with E-state index in [1.165, 1.54) is 14.2 Å². The Morgan fingerprint density at radius 2 is 1.68 bits per heavy atom. The van der Waals surface area contributed by atoms with Crippen LogP contribution in [0.3, 0.4) is 0 Å². The zero-order valence-corrected chi connectivity index (χ0v) is 20.3. The van der Waals surface area contributed by atoms with Crippen molar-refractivity contribution < 1.29 is 42.7 Å². The van der Waals surface area contributed by atoms with Crippen LogP contribution in [0.1, 0.15) is 39.4 Å². The number of ether oxygens (including phenoxy) is 7. The molecule has 1 atom stereocenters. The molecule has 3 aliphatic rings. The van der Waals surface area contributed by atoms with Crippen LogP contribution in [-0.2, 0) is 4.79 Å². The van der Waals surface area contributed by atoms with Gasteiger partial charge in [0.05, 0.1) is 33.3 Å². The smallest absolute Gasteiger partial charge is 0.312 e. The molecule has 0 unspecified atom stereocenters. The molecule has 0 aromatic heterocycles. The Morgan fingerprint density at radius 1 is 0.838 bits per heavy atom. The number of carbonyl (C=O) groups is 2. The summed E-state index contributed by atoms with van der Waals surface area (Å²) in [4.78, 5) is 25.9. The molecule has 0 amide bonds. The van der Waals surface area contributed by atoms with Crippen LogP contribution in [-0.4, -0.2) is 39.9 Å². The SMILES string of the molecule is COc1ccc(/C=C2\Oc3c(ccc4c3[C@H](c3cc(OC)c5c(c3)OCO5)CC(=O)O4)C2=O)c(OC)c1. The lowest BCUT2D eigenvalue weighted by atomic mass is 9.84. The van der Waals surface area contributed by atoms with Crippen LogP contribution < -0.4 is 33.2 Å². The van der Waals surface area contributed by atoms with Crippen LogP contribution in [0.4, 0.5) is 0 Å². The first-order chi connectivity index (χ1) is 18.0. The number of fused-ring (bicyclic) bond motifs is 4. The number of benzene rings is 3. The molecule has 0 radical (unpaired) electrons. The molecule has 9 heteroatoms. The average molecular weight is 502 g/mol. The van der Waals surface area contributed by atoms with Crippen molar-refractivity contribution in [3.63, 3.8) is 0 Å². The molecule has 0 fully saturated rings. The molecule has 6 rings (SSSR count). The Balaban J connectivity index is 1.45. The lowest BCUT2D eigenvalue weighted by Gasteiger charge is -2.26. The predicted molar refractivity (Wildman–Crippen MR) is 130 cm³/mol. The molecule has 0 N–H and O–H groups in total. The number of carbonyl (C=O) groups excluding carboxylic acids is 2. The van der Waals surface area contributed by atoms with E-state index < -0.39 is 11.9 Å². The van der Waals surface area contributed by atoms with Gasteiger partial charge in [-0.2, -0.15) is 0 Å². The summed E-state index contributed by atoms with van der Waals surface area (Å²) in [5, 5.41) is 0. The van der Waals surface area contributed by atoms with Crippen molar-refractivity contribution in [1.82, 2.24) is 0 Å². The fraction of sp³-hybridized carbons (Fsp3) is 0.214. The molecule has 3 aliphatic heterocycles. The van der Waals surface area contributed by atoms with Crippen LogP contribution in [0.25, 0.3) is 6.08 Å². The van der Waals surface area contributed by atoms with Gasteiger partial charge in [0.2, 0.25) is 18.3 Å². The molecule has 3 aromatic carbocycles. The van der Waals surface area contributed by atoms with Gasteiger partial charge in [0.25, 0.3) is 0 Å². The van der Waals surface area contributed by atoms with Crippen molar-refractivity contribution in [3.8, 4) is 40.2 Å². The third-order valence-corrected chi connectivity index (χ3v) is 6.59. The van der Waals surface area contributed by atoms with Crippen molar-refractivity contribution in [1.29, 1.82) is 0 Å². The number of ketones is 1. The van der Waals surface area contributed by atoms with Gasteiger partial charge in [-0.1, -0.05) is 0 Å². The highest BCUT2D eigenvalue weighted by Crippen LogP contribution is 2.52. The van der Waals surface area contributed by atoms with E-state index in [4.69, 9.17) is 33.2 Å². The minimum absolute atomic E-state index is 0.0507. The van der Waals surface area contributed by atoms with Crippen LogP contribution in [0, 0.1) is 0 Å². The fourth-order valence-corrected chi connectivity index (χ4v) is 4.82. The van der Waals surface area contributed by atoms with Crippen molar-refractivity contribution in [2.45, 2.75) is 12.3 Å². The van der Waals surface area contributed by atoms with Crippen LogP contribution in [0.15, 0.2) is 48.2 Å². The van der Waals surface area contributed by atoms with Gasteiger partial charge in [0.15, 0.2) is 17.3 Å². The Kier molecular flexibility index (Phi) is 5.40. The Hall–Kier alpha value is -4.66. The highest BCUT2D eigenvalue weighted by atomic mass is 16.7. The minimum Gasteiger partial charge on any atom is -0.497 e. The monoisotopic (exact) mass is 502 g/mol. The van der Waals surface area contributed by atoms with E-state index in [0.29, 0.717) is 56.9 Å². The molecule has 3 aromatic rings. The van der Waals surface area contributed by atoms with Crippen LogP contribution >= 0.6 is 0 Å². The summed E-state index contributed by atoms with van der Waals surface area (Å²) in [6.45, 7) is 0.0778. The fourth-order valence-electron chi connectivity index (χ4n) is 4.82.